The molecule has 1 fully saturated rings. The highest BCUT2D eigenvalue weighted by molar-refractivity contribution is 5.70. The summed E-state index contributed by atoms with van der Waals surface area (Å²) in [5, 5.41) is 8.30. The molecular weight excluding hydrogens is 260 g/mol. The average molecular weight is 282 g/mol. The zero-order valence-corrected chi connectivity index (χ0v) is 12.8. The molecular formula is C17H22N4. The summed E-state index contributed by atoms with van der Waals surface area (Å²) in [7, 11) is 2.06. The highest BCUT2D eigenvalue weighted by Gasteiger charge is 2.27. The number of benzene rings is 1. The Morgan fingerprint density at radius 3 is 2.90 bits per heavy atom. The van der Waals surface area contributed by atoms with E-state index in [0.717, 1.165) is 31.2 Å². The number of rotatable bonds is 4. The van der Waals surface area contributed by atoms with Gasteiger partial charge in [-0.25, -0.2) is 0 Å². The van der Waals surface area contributed by atoms with Crippen LogP contribution in [-0.4, -0.2) is 22.4 Å². The van der Waals surface area contributed by atoms with E-state index in [1.165, 1.54) is 35.5 Å². The molecule has 1 aromatic carbocycles. The number of nitrogens with one attached hydrogen (secondary N) is 1. The molecule has 0 radical (unpaired) electrons. The average Bonchev–Trinajstić information content (AvgIpc) is 3.15. The van der Waals surface area contributed by atoms with Gasteiger partial charge in [-0.1, -0.05) is 18.2 Å². The highest BCUT2D eigenvalue weighted by atomic mass is 15.4. The van der Waals surface area contributed by atoms with Gasteiger partial charge in [-0.3, -0.25) is 4.68 Å². The minimum absolute atomic E-state index is 0.725. The van der Waals surface area contributed by atoms with Crippen molar-refractivity contribution in [3.05, 3.63) is 41.1 Å². The van der Waals surface area contributed by atoms with E-state index < -0.39 is 0 Å². The van der Waals surface area contributed by atoms with Crippen molar-refractivity contribution in [3.63, 3.8) is 0 Å². The lowest BCUT2D eigenvalue weighted by atomic mass is 10.2. The molecule has 0 saturated heterocycles. The van der Waals surface area contributed by atoms with Crippen LogP contribution in [0.2, 0.25) is 0 Å². The normalized spacial score (nSPS) is 17.3. The summed E-state index contributed by atoms with van der Waals surface area (Å²) in [6.07, 6.45) is 3.76. The fraction of sp³-hybridized carbons (Fsp3) is 0.471. The van der Waals surface area contributed by atoms with Gasteiger partial charge < -0.3 is 10.2 Å². The van der Waals surface area contributed by atoms with Crippen LogP contribution < -0.4 is 10.2 Å². The Morgan fingerprint density at radius 2 is 2.10 bits per heavy atom. The van der Waals surface area contributed by atoms with Gasteiger partial charge in [-0.15, -0.1) is 0 Å². The lowest BCUT2D eigenvalue weighted by Crippen LogP contribution is -2.21. The smallest absolute Gasteiger partial charge is 0.135 e. The van der Waals surface area contributed by atoms with E-state index in [-0.39, 0.29) is 0 Å². The summed E-state index contributed by atoms with van der Waals surface area (Å²) in [5.41, 5.74) is 5.27. The number of anilines is 2. The summed E-state index contributed by atoms with van der Waals surface area (Å²) in [6, 6.07) is 9.45. The molecule has 0 unspecified atom stereocenters. The molecule has 110 valence electrons. The number of aryl methyl sites for hydroxylation is 2. The van der Waals surface area contributed by atoms with Crippen molar-refractivity contribution in [1.29, 1.82) is 0 Å². The molecule has 1 aliphatic carbocycles. The lowest BCUT2D eigenvalue weighted by molar-refractivity contribution is 0.683. The SMILES string of the molecule is Cc1nn(C)c(N2CCc3ccccc32)c1CNC1CC1. The fourth-order valence-corrected chi connectivity index (χ4v) is 3.33. The maximum atomic E-state index is 4.66. The van der Waals surface area contributed by atoms with E-state index in [2.05, 4.69) is 53.6 Å². The number of fused-ring (bicyclic) bond motifs is 1. The monoisotopic (exact) mass is 282 g/mol. The van der Waals surface area contributed by atoms with Crippen LogP contribution in [0, 0.1) is 6.92 Å². The Labute approximate surface area is 125 Å². The molecule has 4 rings (SSSR count). The van der Waals surface area contributed by atoms with Crippen molar-refractivity contribution in [3.8, 4) is 0 Å². The Hall–Kier alpha value is -1.81. The second kappa shape index (κ2) is 4.88. The summed E-state index contributed by atoms with van der Waals surface area (Å²) >= 11 is 0. The predicted molar refractivity (Wildman–Crippen MR) is 85.0 cm³/mol. The molecule has 0 bridgehead atoms. The van der Waals surface area contributed by atoms with E-state index >= 15 is 0 Å². The maximum Gasteiger partial charge on any atom is 0.135 e. The van der Waals surface area contributed by atoms with Crippen LogP contribution in [0.4, 0.5) is 11.5 Å². The van der Waals surface area contributed by atoms with Gasteiger partial charge in [0.25, 0.3) is 0 Å². The van der Waals surface area contributed by atoms with Crippen LogP contribution in [0.5, 0.6) is 0 Å². The predicted octanol–water partition coefficient (Wildman–Crippen LogP) is 2.67. The summed E-state index contributed by atoms with van der Waals surface area (Å²) in [4.78, 5) is 2.43. The first kappa shape index (κ1) is 12.9. The van der Waals surface area contributed by atoms with Gasteiger partial charge in [0.15, 0.2) is 0 Å². The molecule has 21 heavy (non-hydrogen) atoms. The minimum atomic E-state index is 0.725. The van der Waals surface area contributed by atoms with Crippen LogP contribution in [0.15, 0.2) is 24.3 Å². The Balaban J connectivity index is 1.71. The van der Waals surface area contributed by atoms with E-state index in [4.69, 9.17) is 0 Å². The zero-order valence-electron chi connectivity index (χ0n) is 12.8. The van der Waals surface area contributed by atoms with E-state index in [1.807, 2.05) is 4.68 Å². The van der Waals surface area contributed by atoms with Gasteiger partial charge in [0.1, 0.15) is 5.82 Å². The van der Waals surface area contributed by atoms with Crippen LogP contribution in [0.25, 0.3) is 0 Å². The topological polar surface area (TPSA) is 33.1 Å². The van der Waals surface area contributed by atoms with Crippen LogP contribution in [0.1, 0.15) is 29.7 Å². The van der Waals surface area contributed by atoms with E-state index in [1.54, 1.807) is 0 Å². The van der Waals surface area contributed by atoms with Crippen molar-refractivity contribution in [2.24, 2.45) is 7.05 Å². The van der Waals surface area contributed by atoms with E-state index in [9.17, 15) is 0 Å². The number of aromatic nitrogens is 2. The summed E-state index contributed by atoms with van der Waals surface area (Å²) in [6.45, 7) is 4.10. The summed E-state index contributed by atoms with van der Waals surface area (Å²) in [5.74, 6) is 1.26. The molecule has 4 nitrogen and oxygen atoms in total. The van der Waals surface area contributed by atoms with Crippen LogP contribution >= 0.6 is 0 Å². The largest absolute Gasteiger partial charge is 0.326 e. The molecule has 0 amide bonds. The first-order valence-corrected chi connectivity index (χ1v) is 7.85. The Kier molecular flexibility index (Phi) is 3.00. The molecule has 0 atom stereocenters. The van der Waals surface area contributed by atoms with Crippen molar-refractivity contribution >= 4 is 11.5 Å². The first-order valence-electron chi connectivity index (χ1n) is 7.85. The third kappa shape index (κ3) is 2.23. The quantitative estimate of drug-likeness (QED) is 0.936. The first-order chi connectivity index (χ1) is 10.2. The third-order valence-corrected chi connectivity index (χ3v) is 4.60. The van der Waals surface area contributed by atoms with Gasteiger partial charge in [0, 0.05) is 37.4 Å². The summed E-state index contributed by atoms with van der Waals surface area (Å²) < 4.78 is 2.04. The van der Waals surface area contributed by atoms with Crippen molar-refractivity contribution in [1.82, 2.24) is 15.1 Å². The number of nitrogens with zero attached hydrogens (tertiary/aromatic N) is 3. The molecule has 2 aromatic rings. The van der Waals surface area contributed by atoms with Gasteiger partial charge >= 0.3 is 0 Å². The second-order valence-electron chi connectivity index (χ2n) is 6.20. The molecule has 1 aliphatic heterocycles. The standard InChI is InChI=1S/C17H22N4/c1-12-15(11-18-14-7-8-14)17(20(2)19-12)21-10-9-13-5-3-4-6-16(13)21/h3-6,14,18H,7-11H2,1-2H3. The van der Waals surface area contributed by atoms with Gasteiger partial charge in [0.05, 0.1) is 5.69 Å². The van der Waals surface area contributed by atoms with Crippen molar-refractivity contribution < 1.29 is 0 Å². The van der Waals surface area contributed by atoms with Gasteiger partial charge in [-0.2, -0.15) is 5.10 Å². The van der Waals surface area contributed by atoms with Gasteiger partial charge in [0.2, 0.25) is 0 Å². The van der Waals surface area contributed by atoms with Gasteiger partial charge in [-0.05, 0) is 37.8 Å². The molecule has 2 heterocycles. The number of hydrogen-bond acceptors (Lipinski definition) is 3. The molecule has 4 heteroatoms. The van der Waals surface area contributed by atoms with Crippen molar-refractivity contribution in [2.45, 2.75) is 38.8 Å². The highest BCUT2D eigenvalue weighted by Crippen LogP contribution is 2.37. The maximum absolute atomic E-state index is 4.66. The lowest BCUT2D eigenvalue weighted by Gasteiger charge is -2.21. The molecule has 1 saturated carbocycles. The zero-order chi connectivity index (χ0) is 14.4. The molecule has 2 aliphatic rings. The third-order valence-electron chi connectivity index (χ3n) is 4.60. The number of para-hydroxylation sites is 1. The molecule has 1 N–H and O–H groups in total. The molecule has 0 spiro atoms. The fourth-order valence-electron chi connectivity index (χ4n) is 3.33. The minimum Gasteiger partial charge on any atom is -0.326 e. The second-order valence-corrected chi connectivity index (χ2v) is 6.20. The van der Waals surface area contributed by atoms with Crippen LogP contribution in [0.3, 0.4) is 0 Å². The van der Waals surface area contributed by atoms with Crippen molar-refractivity contribution in [2.75, 3.05) is 11.4 Å². The van der Waals surface area contributed by atoms with E-state index in [0.29, 0.717) is 0 Å². The Bertz CT molecular complexity index is 669. The number of hydrogen-bond donors (Lipinski definition) is 1. The van der Waals surface area contributed by atoms with Crippen LogP contribution in [-0.2, 0) is 20.0 Å². The molecule has 1 aromatic heterocycles. The Morgan fingerprint density at radius 1 is 1.29 bits per heavy atom.